The van der Waals surface area contributed by atoms with Gasteiger partial charge in [0.15, 0.2) is 0 Å². The van der Waals surface area contributed by atoms with E-state index in [-0.39, 0.29) is 0 Å². The SMILES string of the molecule is c1ccc(-c2cccc(-c3cc4c5cc6c(cc5ccc4c4cc5c(cc34)-c3cccc4cccc-5c34)-c3cccc4cccc-6c34)c2)cc1. The topological polar surface area (TPSA) is 0 Å². The first-order chi connectivity index (χ1) is 24.8. The molecule has 0 fully saturated rings. The molecule has 2 aliphatic rings. The van der Waals surface area contributed by atoms with Crippen molar-refractivity contribution >= 4 is 53.9 Å². The lowest BCUT2D eigenvalue weighted by Crippen LogP contribution is -1.90. The Balaban J connectivity index is 1.20. The highest BCUT2D eigenvalue weighted by Crippen LogP contribution is 2.52. The van der Waals surface area contributed by atoms with Gasteiger partial charge in [-0.15, -0.1) is 0 Å². The fourth-order valence-electron chi connectivity index (χ4n) is 9.26. The van der Waals surface area contributed by atoms with E-state index in [1.165, 1.54) is 121 Å². The molecule has 0 unspecified atom stereocenters. The van der Waals surface area contributed by atoms with Gasteiger partial charge in [0.05, 0.1) is 0 Å². The van der Waals surface area contributed by atoms with Gasteiger partial charge in [0.1, 0.15) is 0 Å². The number of rotatable bonds is 2. The summed E-state index contributed by atoms with van der Waals surface area (Å²) in [6, 6.07) is 63.9. The van der Waals surface area contributed by atoms with Crippen molar-refractivity contribution in [2.45, 2.75) is 0 Å². The van der Waals surface area contributed by atoms with Crippen LogP contribution in [0.5, 0.6) is 0 Å². The number of fused-ring (bicyclic) bond motifs is 11. The highest BCUT2D eigenvalue weighted by molar-refractivity contribution is 6.27. The molecule has 12 rings (SSSR count). The fourth-order valence-corrected chi connectivity index (χ4v) is 9.26. The summed E-state index contributed by atoms with van der Waals surface area (Å²) in [5.74, 6) is 0. The van der Waals surface area contributed by atoms with E-state index in [2.05, 4.69) is 170 Å². The standard InChI is InChI=1S/C50H28/c1-2-9-29(10-3-1)32-15-4-16-33(23-32)40-25-43-35(44-27-46-38-19-7-13-31-14-8-20-39(50(31)38)47(46)28-48(40)44)22-21-34-24-42-36-17-5-11-30-12-6-18-37(49(30)36)45(42)26-41(34)43/h1-28H. The van der Waals surface area contributed by atoms with Gasteiger partial charge in [-0.1, -0.05) is 133 Å². The molecule has 0 aromatic heterocycles. The van der Waals surface area contributed by atoms with Crippen LogP contribution in [0.2, 0.25) is 0 Å². The zero-order valence-corrected chi connectivity index (χ0v) is 27.2. The van der Waals surface area contributed by atoms with E-state index < -0.39 is 0 Å². The molecule has 0 heterocycles. The van der Waals surface area contributed by atoms with Crippen LogP contribution in [0.3, 0.4) is 0 Å². The number of hydrogen-bond acceptors (Lipinski definition) is 0. The summed E-state index contributed by atoms with van der Waals surface area (Å²) >= 11 is 0. The minimum atomic E-state index is 1.23. The predicted octanol–water partition coefficient (Wildman–Crippen LogP) is 14.1. The van der Waals surface area contributed by atoms with Crippen molar-refractivity contribution < 1.29 is 0 Å². The maximum Gasteiger partial charge on any atom is -0.00264 e. The van der Waals surface area contributed by atoms with E-state index in [1.54, 1.807) is 0 Å². The average Bonchev–Trinajstić information content (AvgIpc) is 3.67. The summed E-state index contributed by atoms with van der Waals surface area (Å²) < 4.78 is 0. The Morgan fingerprint density at radius 3 is 1.32 bits per heavy atom. The van der Waals surface area contributed by atoms with Crippen molar-refractivity contribution in [2.24, 2.45) is 0 Å². The van der Waals surface area contributed by atoms with Gasteiger partial charge >= 0.3 is 0 Å². The lowest BCUT2D eigenvalue weighted by atomic mass is 9.87. The summed E-state index contributed by atoms with van der Waals surface area (Å²) in [4.78, 5) is 0. The van der Waals surface area contributed by atoms with Crippen molar-refractivity contribution in [3.8, 4) is 66.8 Å². The number of hydrogen-bond donors (Lipinski definition) is 0. The molecule has 50 heavy (non-hydrogen) atoms. The van der Waals surface area contributed by atoms with Crippen LogP contribution in [0.25, 0.3) is 121 Å². The third kappa shape index (κ3) is 3.45. The van der Waals surface area contributed by atoms with Crippen LogP contribution >= 0.6 is 0 Å². The smallest absolute Gasteiger partial charge is 0.00264 e. The Bertz CT molecular complexity index is 3110. The molecule has 228 valence electrons. The molecule has 0 N–H and O–H groups in total. The molecule has 0 nitrogen and oxygen atoms in total. The zero-order valence-electron chi connectivity index (χ0n) is 27.2. The van der Waals surface area contributed by atoms with Crippen LogP contribution in [-0.4, -0.2) is 0 Å². The van der Waals surface area contributed by atoms with Gasteiger partial charge in [0.25, 0.3) is 0 Å². The molecule has 0 amide bonds. The summed E-state index contributed by atoms with van der Waals surface area (Å²) in [5.41, 5.74) is 15.7. The Morgan fingerprint density at radius 2 is 0.680 bits per heavy atom. The van der Waals surface area contributed by atoms with Gasteiger partial charge in [0.2, 0.25) is 0 Å². The quantitative estimate of drug-likeness (QED) is 0.167. The van der Waals surface area contributed by atoms with Crippen molar-refractivity contribution in [1.82, 2.24) is 0 Å². The lowest BCUT2D eigenvalue weighted by molar-refractivity contribution is 1.61. The van der Waals surface area contributed by atoms with Gasteiger partial charge < -0.3 is 0 Å². The molecule has 0 radical (unpaired) electrons. The Kier molecular flexibility index (Phi) is 5.06. The van der Waals surface area contributed by atoms with Gasteiger partial charge in [0, 0.05) is 0 Å². The second-order valence-corrected chi connectivity index (χ2v) is 14.0. The third-order valence-electron chi connectivity index (χ3n) is 11.5. The van der Waals surface area contributed by atoms with Crippen LogP contribution < -0.4 is 0 Å². The van der Waals surface area contributed by atoms with Crippen molar-refractivity contribution in [3.63, 3.8) is 0 Å². The van der Waals surface area contributed by atoms with Crippen LogP contribution in [0.1, 0.15) is 0 Å². The molecular weight excluding hydrogens is 601 g/mol. The first-order valence-corrected chi connectivity index (χ1v) is 17.5. The van der Waals surface area contributed by atoms with Crippen LogP contribution in [-0.2, 0) is 0 Å². The molecule has 10 aromatic carbocycles. The molecule has 0 bridgehead atoms. The molecule has 0 atom stereocenters. The summed E-state index contributed by atoms with van der Waals surface area (Å²) in [6.07, 6.45) is 0. The molecule has 0 spiro atoms. The van der Waals surface area contributed by atoms with Gasteiger partial charge in [-0.2, -0.15) is 0 Å². The van der Waals surface area contributed by atoms with E-state index in [4.69, 9.17) is 0 Å². The molecule has 2 aliphatic carbocycles. The predicted molar refractivity (Wildman–Crippen MR) is 214 cm³/mol. The Labute approximate surface area is 289 Å². The van der Waals surface area contributed by atoms with E-state index >= 15 is 0 Å². The maximum atomic E-state index is 2.49. The zero-order chi connectivity index (χ0) is 32.5. The van der Waals surface area contributed by atoms with Crippen molar-refractivity contribution in [3.05, 3.63) is 170 Å². The van der Waals surface area contributed by atoms with Crippen LogP contribution in [0.4, 0.5) is 0 Å². The maximum absolute atomic E-state index is 2.49. The fraction of sp³-hybridized carbons (Fsp3) is 0. The highest BCUT2D eigenvalue weighted by atomic mass is 14.3. The normalized spacial score (nSPS) is 12.4. The van der Waals surface area contributed by atoms with E-state index in [9.17, 15) is 0 Å². The molecule has 10 aromatic rings. The minimum Gasteiger partial charge on any atom is -0.0622 e. The lowest BCUT2D eigenvalue weighted by Gasteiger charge is -2.17. The van der Waals surface area contributed by atoms with Gasteiger partial charge in [-0.3, -0.25) is 0 Å². The minimum absolute atomic E-state index is 1.23. The molecule has 0 saturated heterocycles. The summed E-state index contributed by atoms with van der Waals surface area (Å²) in [6.45, 7) is 0. The van der Waals surface area contributed by atoms with Crippen molar-refractivity contribution in [2.75, 3.05) is 0 Å². The Morgan fingerprint density at radius 1 is 0.200 bits per heavy atom. The highest BCUT2D eigenvalue weighted by Gasteiger charge is 2.25. The Hall–Kier alpha value is -6.50. The second-order valence-electron chi connectivity index (χ2n) is 14.0. The van der Waals surface area contributed by atoms with Crippen LogP contribution in [0, 0.1) is 0 Å². The average molecular weight is 629 g/mol. The molecule has 0 saturated carbocycles. The second kappa shape index (κ2) is 9.56. The van der Waals surface area contributed by atoms with E-state index in [0.29, 0.717) is 0 Å². The molecular formula is C50H28. The van der Waals surface area contributed by atoms with E-state index in [0.717, 1.165) is 0 Å². The monoisotopic (exact) mass is 628 g/mol. The first-order valence-electron chi connectivity index (χ1n) is 17.5. The summed E-state index contributed by atoms with van der Waals surface area (Å²) in [7, 11) is 0. The summed E-state index contributed by atoms with van der Waals surface area (Å²) in [5, 5.41) is 13.1. The third-order valence-corrected chi connectivity index (χ3v) is 11.5. The molecule has 0 aliphatic heterocycles. The van der Waals surface area contributed by atoms with E-state index in [1.807, 2.05) is 0 Å². The van der Waals surface area contributed by atoms with Crippen LogP contribution in [0.15, 0.2) is 170 Å². The van der Waals surface area contributed by atoms with Crippen molar-refractivity contribution in [1.29, 1.82) is 0 Å². The molecule has 0 heteroatoms. The largest absolute Gasteiger partial charge is 0.0622 e. The number of benzene rings is 10. The van der Waals surface area contributed by atoms with Gasteiger partial charge in [-0.05, 0) is 157 Å². The van der Waals surface area contributed by atoms with Gasteiger partial charge in [-0.25, -0.2) is 0 Å². The first kappa shape index (κ1) is 26.5.